The Morgan fingerprint density at radius 3 is 2.66 bits per heavy atom. The first-order valence-corrected chi connectivity index (χ1v) is 11.6. The second-order valence-corrected chi connectivity index (χ2v) is 9.56. The van der Waals surface area contributed by atoms with Gasteiger partial charge in [-0.25, -0.2) is 4.79 Å². The number of terminal acetylenes is 1. The monoisotopic (exact) mass is 439 g/mol. The number of piperidine rings is 1. The van der Waals surface area contributed by atoms with Gasteiger partial charge in [-0.15, -0.1) is 6.42 Å². The van der Waals surface area contributed by atoms with Crippen LogP contribution in [-0.2, 0) is 4.79 Å². The van der Waals surface area contributed by atoms with Crippen LogP contribution in [0, 0.1) is 24.7 Å². The van der Waals surface area contributed by atoms with Gasteiger partial charge in [-0.1, -0.05) is 5.92 Å². The summed E-state index contributed by atoms with van der Waals surface area (Å²) >= 11 is 0. The molecule has 0 bridgehead atoms. The Balaban J connectivity index is 1.50. The van der Waals surface area contributed by atoms with Crippen molar-refractivity contribution in [3.8, 4) is 12.3 Å². The molecule has 2 N–H and O–H groups in total. The van der Waals surface area contributed by atoms with Crippen molar-refractivity contribution in [2.24, 2.45) is 5.41 Å². The summed E-state index contributed by atoms with van der Waals surface area (Å²) in [5, 5.41) is 19.3. The maximum atomic E-state index is 13.5. The number of amides is 2. The van der Waals surface area contributed by atoms with E-state index >= 15 is 0 Å². The van der Waals surface area contributed by atoms with Crippen LogP contribution in [0.15, 0.2) is 18.2 Å². The Morgan fingerprint density at radius 1 is 1.25 bits per heavy atom. The van der Waals surface area contributed by atoms with Crippen LogP contribution in [0.25, 0.3) is 0 Å². The van der Waals surface area contributed by atoms with E-state index in [4.69, 9.17) is 6.42 Å². The van der Waals surface area contributed by atoms with E-state index in [-0.39, 0.29) is 30.0 Å². The molecule has 1 aliphatic carbocycles. The van der Waals surface area contributed by atoms with Gasteiger partial charge in [0.25, 0.3) is 0 Å². The van der Waals surface area contributed by atoms with Crippen LogP contribution in [0.2, 0.25) is 0 Å². The highest BCUT2D eigenvalue weighted by Gasteiger charge is 2.50. The van der Waals surface area contributed by atoms with E-state index in [1.165, 1.54) is 4.90 Å². The quantitative estimate of drug-likeness (QED) is 0.704. The number of carbonyl (C=O) groups excluding carboxylic acids is 1. The van der Waals surface area contributed by atoms with Crippen LogP contribution in [0.1, 0.15) is 50.5 Å². The minimum absolute atomic E-state index is 0.00484. The molecule has 7 heteroatoms. The molecular formula is C25H33N3O4. The summed E-state index contributed by atoms with van der Waals surface area (Å²) in [6.07, 6.45) is 10.2. The highest BCUT2D eigenvalue weighted by molar-refractivity contribution is 5.88. The van der Waals surface area contributed by atoms with Crippen molar-refractivity contribution in [2.75, 3.05) is 36.0 Å². The van der Waals surface area contributed by atoms with Crippen LogP contribution in [0.4, 0.5) is 16.2 Å². The fourth-order valence-corrected chi connectivity index (χ4v) is 5.78. The first kappa shape index (κ1) is 22.5. The van der Waals surface area contributed by atoms with Gasteiger partial charge in [-0.3, -0.25) is 9.69 Å². The normalized spacial score (nSPS) is 28.1. The maximum Gasteiger partial charge on any atom is 0.412 e. The number of rotatable bonds is 4. The summed E-state index contributed by atoms with van der Waals surface area (Å²) in [7, 11) is 0. The van der Waals surface area contributed by atoms with Gasteiger partial charge in [0.15, 0.2) is 0 Å². The molecule has 0 aromatic heterocycles. The molecule has 2 aliphatic heterocycles. The molecule has 3 aliphatic rings. The summed E-state index contributed by atoms with van der Waals surface area (Å²) < 4.78 is 0. The molecule has 1 aromatic rings. The first-order valence-electron chi connectivity index (χ1n) is 11.6. The molecule has 1 unspecified atom stereocenters. The van der Waals surface area contributed by atoms with Crippen molar-refractivity contribution >= 4 is 23.4 Å². The SMILES string of the molecule is C#CCN(C(=O)O)c1ccc(N2CCCC3(CCN([C@H]4CC[C@H](O)CC4)C3=O)C2)cc1C. The third-order valence-electron chi connectivity index (χ3n) is 7.55. The Hall–Kier alpha value is -2.72. The van der Waals surface area contributed by atoms with Crippen molar-refractivity contribution in [3.63, 3.8) is 0 Å². The van der Waals surface area contributed by atoms with Gasteiger partial charge in [0.05, 0.1) is 23.8 Å². The minimum atomic E-state index is -1.07. The average molecular weight is 440 g/mol. The molecule has 2 amide bonds. The Morgan fingerprint density at radius 2 is 2.00 bits per heavy atom. The number of anilines is 2. The van der Waals surface area contributed by atoms with Gasteiger partial charge >= 0.3 is 6.09 Å². The smallest absolute Gasteiger partial charge is 0.412 e. The van der Waals surface area contributed by atoms with Crippen LogP contribution >= 0.6 is 0 Å². The van der Waals surface area contributed by atoms with E-state index in [1.54, 1.807) is 0 Å². The van der Waals surface area contributed by atoms with E-state index in [2.05, 4.69) is 15.7 Å². The lowest BCUT2D eigenvalue weighted by Crippen LogP contribution is -2.50. The molecule has 1 aromatic carbocycles. The van der Waals surface area contributed by atoms with Crippen LogP contribution in [-0.4, -0.2) is 65.4 Å². The van der Waals surface area contributed by atoms with Crippen molar-refractivity contribution < 1.29 is 19.8 Å². The van der Waals surface area contributed by atoms with Crippen LogP contribution < -0.4 is 9.80 Å². The summed E-state index contributed by atoms with van der Waals surface area (Å²) in [5.74, 6) is 2.68. The number of carboxylic acid groups (broad SMARTS) is 1. The zero-order valence-corrected chi connectivity index (χ0v) is 18.8. The van der Waals surface area contributed by atoms with E-state index < -0.39 is 6.09 Å². The average Bonchev–Trinajstić information content (AvgIpc) is 3.08. The molecule has 1 spiro atoms. The minimum Gasteiger partial charge on any atom is -0.465 e. The topological polar surface area (TPSA) is 84.3 Å². The lowest BCUT2D eigenvalue weighted by molar-refractivity contribution is -0.139. The van der Waals surface area contributed by atoms with Gasteiger partial charge < -0.3 is 20.0 Å². The second-order valence-electron chi connectivity index (χ2n) is 9.56. The van der Waals surface area contributed by atoms with E-state index in [1.807, 2.05) is 25.1 Å². The van der Waals surface area contributed by atoms with Crippen LogP contribution in [0.5, 0.6) is 0 Å². The number of aliphatic hydroxyl groups excluding tert-OH is 1. The number of benzene rings is 1. The van der Waals surface area contributed by atoms with E-state index in [9.17, 15) is 19.8 Å². The lowest BCUT2D eigenvalue weighted by atomic mass is 9.78. The first-order chi connectivity index (χ1) is 15.3. The Bertz CT molecular complexity index is 918. The molecule has 4 rings (SSSR count). The number of hydrogen-bond acceptors (Lipinski definition) is 4. The number of nitrogens with zero attached hydrogens (tertiary/aromatic N) is 3. The Labute approximate surface area is 190 Å². The number of aliphatic hydroxyl groups is 1. The van der Waals surface area contributed by atoms with E-state index in [0.717, 1.165) is 69.3 Å². The third kappa shape index (κ3) is 4.16. The number of likely N-dealkylation sites (tertiary alicyclic amines) is 1. The number of hydrogen-bond donors (Lipinski definition) is 2. The molecule has 2 heterocycles. The molecule has 0 radical (unpaired) electrons. The van der Waals surface area contributed by atoms with Gasteiger partial charge in [0.2, 0.25) is 5.91 Å². The zero-order valence-electron chi connectivity index (χ0n) is 18.8. The van der Waals surface area contributed by atoms with E-state index in [0.29, 0.717) is 12.2 Å². The van der Waals surface area contributed by atoms with Crippen molar-refractivity contribution in [1.82, 2.24) is 4.90 Å². The van der Waals surface area contributed by atoms with Crippen molar-refractivity contribution in [3.05, 3.63) is 23.8 Å². The predicted molar refractivity (Wildman–Crippen MR) is 124 cm³/mol. The number of carbonyl (C=O) groups is 2. The lowest BCUT2D eigenvalue weighted by Gasteiger charge is -2.41. The molecule has 32 heavy (non-hydrogen) atoms. The largest absolute Gasteiger partial charge is 0.465 e. The summed E-state index contributed by atoms with van der Waals surface area (Å²) in [5.41, 5.74) is 2.12. The molecular weight excluding hydrogens is 406 g/mol. The van der Waals surface area contributed by atoms with Crippen LogP contribution in [0.3, 0.4) is 0 Å². The number of aryl methyl sites for hydroxylation is 1. The molecule has 1 atom stereocenters. The molecule has 3 fully saturated rings. The third-order valence-corrected chi connectivity index (χ3v) is 7.55. The van der Waals surface area contributed by atoms with Gasteiger partial charge in [0, 0.05) is 31.4 Å². The fourth-order valence-electron chi connectivity index (χ4n) is 5.78. The fraction of sp³-hybridized carbons (Fsp3) is 0.600. The highest BCUT2D eigenvalue weighted by Crippen LogP contribution is 2.43. The maximum absolute atomic E-state index is 13.5. The van der Waals surface area contributed by atoms with Gasteiger partial charge in [0.1, 0.15) is 0 Å². The summed E-state index contributed by atoms with van der Waals surface area (Å²) in [4.78, 5) is 30.7. The predicted octanol–water partition coefficient (Wildman–Crippen LogP) is 3.24. The zero-order chi connectivity index (χ0) is 22.9. The Kier molecular flexibility index (Phi) is 6.34. The van der Waals surface area contributed by atoms with Crippen molar-refractivity contribution in [1.29, 1.82) is 0 Å². The molecule has 172 valence electrons. The van der Waals surface area contributed by atoms with Gasteiger partial charge in [-0.2, -0.15) is 0 Å². The molecule has 7 nitrogen and oxygen atoms in total. The highest BCUT2D eigenvalue weighted by atomic mass is 16.4. The summed E-state index contributed by atoms with van der Waals surface area (Å²) in [6.45, 7) is 4.29. The van der Waals surface area contributed by atoms with Gasteiger partial charge in [-0.05, 0) is 75.6 Å². The van der Waals surface area contributed by atoms with Crippen molar-refractivity contribution in [2.45, 2.75) is 64.0 Å². The second kappa shape index (κ2) is 9.03. The molecule has 1 saturated carbocycles. The standard InChI is InChI=1S/C25H33N3O4/c1-3-13-28(24(31)32)22-10-7-20(16-18(22)2)26-14-4-11-25(17-26)12-15-27(23(25)30)19-5-8-21(29)9-6-19/h1,7,10,16,19,21,29H,4-6,8-9,11-15,17H2,2H3,(H,31,32)/t19-,21-,25?. The summed E-state index contributed by atoms with van der Waals surface area (Å²) in [6, 6.07) is 6.02. The molecule has 2 saturated heterocycles.